The van der Waals surface area contributed by atoms with E-state index in [2.05, 4.69) is 0 Å². The lowest BCUT2D eigenvalue weighted by Crippen LogP contribution is -2.36. The second kappa shape index (κ2) is 3.98. The van der Waals surface area contributed by atoms with Crippen LogP contribution in [0.2, 0.25) is 0 Å². The molecule has 2 aliphatic rings. The first-order valence-electron chi connectivity index (χ1n) is 5.53. The van der Waals surface area contributed by atoms with Gasteiger partial charge in [0, 0.05) is 6.08 Å². The van der Waals surface area contributed by atoms with Crippen molar-refractivity contribution in [2.75, 3.05) is 0 Å². The summed E-state index contributed by atoms with van der Waals surface area (Å²) >= 11 is 0. The van der Waals surface area contributed by atoms with Crippen LogP contribution in [0.4, 0.5) is 0 Å². The Morgan fingerprint density at radius 2 is 1.94 bits per heavy atom. The first-order valence-corrected chi connectivity index (χ1v) is 5.53. The Morgan fingerprint density at radius 1 is 1.18 bits per heavy atom. The molecule has 88 valence electrons. The summed E-state index contributed by atoms with van der Waals surface area (Å²) in [7, 11) is 0. The number of carbonyl (C=O) groups excluding carboxylic acids is 1. The van der Waals surface area contributed by atoms with E-state index in [1.165, 1.54) is 6.08 Å². The molecular formula is C13H12O4. The number of hydrogen-bond acceptors (Lipinski definition) is 4. The van der Waals surface area contributed by atoms with Gasteiger partial charge in [0.05, 0.1) is 0 Å². The van der Waals surface area contributed by atoms with Crippen LogP contribution >= 0.6 is 0 Å². The normalized spacial score (nSPS) is 35.5. The summed E-state index contributed by atoms with van der Waals surface area (Å²) in [6.07, 6.45) is 0.757. The SMILES string of the molecule is O=C1C=CC2O[C@H](c3ccccc3)[C@@H](O)C2O1. The molecule has 0 bridgehead atoms. The fraction of sp³-hybridized carbons (Fsp3) is 0.308. The van der Waals surface area contributed by atoms with Gasteiger partial charge in [0.2, 0.25) is 0 Å². The van der Waals surface area contributed by atoms with Crippen LogP contribution in [-0.4, -0.2) is 29.4 Å². The van der Waals surface area contributed by atoms with Crippen molar-refractivity contribution in [2.45, 2.75) is 24.4 Å². The van der Waals surface area contributed by atoms with Crippen LogP contribution in [0.3, 0.4) is 0 Å². The molecule has 1 fully saturated rings. The molecule has 0 amide bonds. The maximum atomic E-state index is 11.1. The number of hydrogen-bond donors (Lipinski definition) is 1. The first-order chi connectivity index (χ1) is 8.25. The molecule has 1 aromatic carbocycles. The number of aliphatic hydroxyl groups is 1. The number of benzene rings is 1. The molecule has 1 saturated heterocycles. The molecule has 1 N–H and O–H groups in total. The zero-order chi connectivity index (χ0) is 11.8. The Morgan fingerprint density at radius 3 is 2.71 bits per heavy atom. The molecule has 0 aromatic heterocycles. The first kappa shape index (κ1) is 10.5. The molecule has 4 atom stereocenters. The molecule has 2 unspecified atom stereocenters. The zero-order valence-electron chi connectivity index (χ0n) is 9.02. The highest BCUT2D eigenvalue weighted by molar-refractivity contribution is 5.83. The standard InChI is InChI=1S/C13H12O4/c14-10-7-6-9-13(17-10)11(15)12(16-9)8-4-2-1-3-5-8/h1-7,9,11-13,15H/t9?,11-,12-,13?/m1/s1. The zero-order valence-corrected chi connectivity index (χ0v) is 9.02. The third kappa shape index (κ3) is 1.75. The molecule has 0 aliphatic carbocycles. The Labute approximate surface area is 98.5 Å². The van der Waals surface area contributed by atoms with Gasteiger partial charge in [-0.3, -0.25) is 0 Å². The van der Waals surface area contributed by atoms with E-state index >= 15 is 0 Å². The Balaban J connectivity index is 1.87. The van der Waals surface area contributed by atoms with Crippen molar-refractivity contribution in [3.63, 3.8) is 0 Å². The highest BCUT2D eigenvalue weighted by Crippen LogP contribution is 2.36. The molecule has 17 heavy (non-hydrogen) atoms. The minimum absolute atomic E-state index is 0.354. The van der Waals surface area contributed by atoms with Gasteiger partial charge in [-0.05, 0) is 11.6 Å². The summed E-state index contributed by atoms with van der Waals surface area (Å²) in [5, 5.41) is 10.1. The third-order valence-electron chi connectivity index (χ3n) is 3.08. The Bertz CT molecular complexity index is 454. The molecule has 0 spiro atoms. The van der Waals surface area contributed by atoms with Crippen LogP contribution in [0.25, 0.3) is 0 Å². The van der Waals surface area contributed by atoms with Gasteiger partial charge in [-0.25, -0.2) is 4.79 Å². The summed E-state index contributed by atoms with van der Waals surface area (Å²) in [6, 6.07) is 9.44. The van der Waals surface area contributed by atoms with Gasteiger partial charge in [-0.1, -0.05) is 30.3 Å². The summed E-state index contributed by atoms with van der Waals surface area (Å²) < 4.78 is 10.8. The minimum Gasteiger partial charge on any atom is -0.453 e. The number of rotatable bonds is 1. The van der Waals surface area contributed by atoms with E-state index < -0.39 is 24.3 Å². The van der Waals surface area contributed by atoms with Gasteiger partial charge in [-0.2, -0.15) is 0 Å². The van der Waals surface area contributed by atoms with Crippen molar-refractivity contribution in [3.05, 3.63) is 48.0 Å². The van der Waals surface area contributed by atoms with Gasteiger partial charge in [0.25, 0.3) is 0 Å². The van der Waals surface area contributed by atoms with E-state index in [0.717, 1.165) is 5.56 Å². The van der Waals surface area contributed by atoms with Crippen molar-refractivity contribution in [3.8, 4) is 0 Å². The summed E-state index contributed by atoms with van der Waals surface area (Å²) in [5.41, 5.74) is 0.888. The van der Waals surface area contributed by atoms with E-state index in [-0.39, 0.29) is 6.10 Å². The van der Waals surface area contributed by atoms with Crippen LogP contribution in [0.5, 0.6) is 0 Å². The van der Waals surface area contributed by atoms with Crippen LogP contribution < -0.4 is 0 Å². The second-order valence-electron chi connectivity index (χ2n) is 4.18. The van der Waals surface area contributed by atoms with Gasteiger partial charge >= 0.3 is 5.97 Å². The van der Waals surface area contributed by atoms with E-state index in [4.69, 9.17) is 9.47 Å². The topological polar surface area (TPSA) is 55.8 Å². The maximum Gasteiger partial charge on any atom is 0.330 e. The lowest BCUT2D eigenvalue weighted by atomic mass is 10.0. The molecule has 1 aromatic rings. The quantitative estimate of drug-likeness (QED) is 0.733. The average molecular weight is 232 g/mol. The van der Waals surface area contributed by atoms with Gasteiger partial charge in [0.1, 0.15) is 18.3 Å². The molecule has 0 saturated carbocycles. The molecule has 2 aliphatic heterocycles. The monoisotopic (exact) mass is 232 g/mol. The summed E-state index contributed by atoms with van der Waals surface area (Å²) in [5.74, 6) is -0.428. The largest absolute Gasteiger partial charge is 0.453 e. The van der Waals surface area contributed by atoms with Gasteiger partial charge in [0.15, 0.2) is 6.10 Å². The molecule has 3 rings (SSSR count). The minimum atomic E-state index is -0.823. The smallest absolute Gasteiger partial charge is 0.330 e. The number of carbonyl (C=O) groups is 1. The van der Waals surface area contributed by atoms with Gasteiger partial charge < -0.3 is 14.6 Å². The predicted molar refractivity (Wildman–Crippen MR) is 59.1 cm³/mol. The number of esters is 1. The molecular weight excluding hydrogens is 220 g/mol. The predicted octanol–water partition coefficient (Wildman–Crippen LogP) is 0.969. The van der Waals surface area contributed by atoms with E-state index in [0.29, 0.717) is 0 Å². The lowest BCUT2D eigenvalue weighted by Gasteiger charge is -2.20. The average Bonchev–Trinajstić information content (AvgIpc) is 2.68. The van der Waals surface area contributed by atoms with Crippen molar-refractivity contribution >= 4 is 5.97 Å². The van der Waals surface area contributed by atoms with Crippen molar-refractivity contribution < 1.29 is 19.4 Å². The Kier molecular flexibility index (Phi) is 2.46. The Hall–Kier alpha value is -1.65. The summed E-state index contributed by atoms with van der Waals surface area (Å²) in [6.45, 7) is 0. The highest BCUT2D eigenvalue weighted by atomic mass is 16.6. The number of fused-ring (bicyclic) bond motifs is 1. The fourth-order valence-electron chi connectivity index (χ4n) is 2.25. The van der Waals surface area contributed by atoms with Gasteiger partial charge in [-0.15, -0.1) is 0 Å². The van der Waals surface area contributed by atoms with Crippen molar-refractivity contribution in [1.29, 1.82) is 0 Å². The van der Waals surface area contributed by atoms with Crippen LogP contribution in [0.15, 0.2) is 42.5 Å². The number of aliphatic hydroxyl groups excluding tert-OH is 1. The second-order valence-corrected chi connectivity index (χ2v) is 4.18. The van der Waals surface area contributed by atoms with E-state index in [1.807, 2.05) is 30.3 Å². The van der Waals surface area contributed by atoms with Crippen LogP contribution in [0.1, 0.15) is 11.7 Å². The van der Waals surface area contributed by atoms with Crippen LogP contribution in [0, 0.1) is 0 Å². The lowest BCUT2D eigenvalue weighted by molar-refractivity contribution is -0.150. The maximum absolute atomic E-state index is 11.1. The van der Waals surface area contributed by atoms with E-state index in [1.54, 1.807) is 6.08 Å². The highest BCUT2D eigenvalue weighted by Gasteiger charge is 2.46. The van der Waals surface area contributed by atoms with Crippen molar-refractivity contribution in [1.82, 2.24) is 0 Å². The van der Waals surface area contributed by atoms with Crippen molar-refractivity contribution in [2.24, 2.45) is 0 Å². The molecule has 4 heteroatoms. The molecule has 4 nitrogen and oxygen atoms in total. The molecule has 2 heterocycles. The van der Waals surface area contributed by atoms with E-state index in [9.17, 15) is 9.90 Å². The third-order valence-corrected chi connectivity index (χ3v) is 3.08. The fourth-order valence-corrected chi connectivity index (χ4v) is 2.25. The van der Waals surface area contributed by atoms with Crippen LogP contribution in [-0.2, 0) is 14.3 Å². The number of ether oxygens (including phenoxy) is 2. The molecule has 0 radical (unpaired) electrons. The summed E-state index contributed by atoms with van der Waals surface area (Å²) in [4.78, 5) is 11.1.